The molecule has 0 radical (unpaired) electrons. The third-order valence-corrected chi connectivity index (χ3v) is 3.71. The Bertz CT molecular complexity index is 644. The SMILES string of the molecule is Cc1ccccc1-c1nc(C(=O)O)n2c1CCCC2. The van der Waals surface area contributed by atoms with Gasteiger partial charge >= 0.3 is 5.97 Å². The molecular weight excluding hydrogens is 240 g/mol. The molecule has 2 heterocycles. The molecule has 0 fully saturated rings. The van der Waals surface area contributed by atoms with Gasteiger partial charge in [0.2, 0.25) is 5.82 Å². The van der Waals surface area contributed by atoms with Crippen LogP contribution in [0.15, 0.2) is 24.3 Å². The summed E-state index contributed by atoms with van der Waals surface area (Å²) in [4.78, 5) is 15.7. The van der Waals surface area contributed by atoms with E-state index >= 15 is 0 Å². The number of fused-ring (bicyclic) bond motifs is 1. The summed E-state index contributed by atoms with van der Waals surface area (Å²) >= 11 is 0. The van der Waals surface area contributed by atoms with Gasteiger partial charge in [-0.2, -0.15) is 0 Å². The van der Waals surface area contributed by atoms with Crippen LogP contribution in [0.2, 0.25) is 0 Å². The van der Waals surface area contributed by atoms with Crippen molar-refractivity contribution in [2.75, 3.05) is 0 Å². The number of carbonyl (C=O) groups is 1. The largest absolute Gasteiger partial charge is 0.475 e. The van der Waals surface area contributed by atoms with Crippen molar-refractivity contribution in [3.63, 3.8) is 0 Å². The summed E-state index contributed by atoms with van der Waals surface area (Å²) in [6, 6.07) is 8.00. The molecule has 4 nitrogen and oxygen atoms in total. The fourth-order valence-electron chi connectivity index (χ4n) is 2.76. The normalized spacial score (nSPS) is 14.2. The van der Waals surface area contributed by atoms with Gasteiger partial charge in [-0.3, -0.25) is 0 Å². The van der Waals surface area contributed by atoms with E-state index in [0.717, 1.165) is 48.3 Å². The standard InChI is InChI=1S/C15H16N2O2/c1-10-6-2-3-7-11(10)13-12-8-4-5-9-17(12)14(16-13)15(18)19/h2-3,6-7H,4-5,8-9H2,1H3,(H,18,19). The van der Waals surface area contributed by atoms with Crippen LogP contribution < -0.4 is 0 Å². The van der Waals surface area contributed by atoms with Gasteiger partial charge in [0, 0.05) is 17.8 Å². The number of aromatic nitrogens is 2. The number of carboxylic acid groups (broad SMARTS) is 1. The second kappa shape index (κ2) is 4.53. The summed E-state index contributed by atoms with van der Waals surface area (Å²) in [5.41, 5.74) is 4.08. The second-order valence-corrected chi connectivity index (χ2v) is 4.96. The topological polar surface area (TPSA) is 55.1 Å². The lowest BCUT2D eigenvalue weighted by Gasteiger charge is -2.16. The third kappa shape index (κ3) is 1.93. The first-order valence-corrected chi connectivity index (χ1v) is 6.57. The zero-order valence-corrected chi connectivity index (χ0v) is 10.9. The molecular formula is C15H16N2O2. The molecule has 19 heavy (non-hydrogen) atoms. The first-order chi connectivity index (χ1) is 9.18. The van der Waals surface area contributed by atoms with Gasteiger partial charge in [0.15, 0.2) is 0 Å². The van der Waals surface area contributed by atoms with Crippen molar-refractivity contribution in [2.45, 2.75) is 32.7 Å². The van der Waals surface area contributed by atoms with Crippen molar-refractivity contribution in [1.29, 1.82) is 0 Å². The number of aryl methyl sites for hydroxylation is 1. The summed E-state index contributed by atoms with van der Waals surface area (Å²) < 4.78 is 1.87. The number of imidazole rings is 1. The highest BCUT2D eigenvalue weighted by molar-refractivity contribution is 5.85. The van der Waals surface area contributed by atoms with Gasteiger partial charge in [0.25, 0.3) is 0 Å². The Morgan fingerprint density at radius 3 is 2.84 bits per heavy atom. The summed E-state index contributed by atoms with van der Waals surface area (Å²) in [7, 11) is 0. The zero-order valence-electron chi connectivity index (χ0n) is 10.9. The number of aromatic carboxylic acids is 1. The van der Waals surface area contributed by atoms with Crippen molar-refractivity contribution in [3.05, 3.63) is 41.3 Å². The van der Waals surface area contributed by atoms with Crippen LogP contribution in [-0.2, 0) is 13.0 Å². The molecule has 0 aliphatic carbocycles. The maximum absolute atomic E-state index is 11.3. The summed E-state index contributed by atoms with van der Waals surface area (Å²) in [6.45, 7) is 2.79. The molecule has 4 heteroatoms. The lowest BCUT2D eigenvalue weighted by atomic mass is 10.0. The van der Waals surface area contributed by atoms with Crippen molar-refractivity contribution in [2.24, 2.45) is 0 Å². The molecule has 0 saturated carbocycles. The fraction of sp³-hybridized carbons (Fsp3) is 0.333. The van der Waals surface area contributed by atoms with Crippen LogP contribution in [0.3, 0.4) is 0 Å². The van der Waals surface area contributed by atoms with Crippen molar-refractivity contribution < 1.29 is 9.90 Å². The Morgan fingerprint density at radius 1 is 1.32 bits per heavy atom. The number of carboxylic acids is 1. The quantitative estimate of drug-likeness (QED) is 0.898. The fourth-order valence-corrected chi connectivity index (χ4v) is 2.76. The maximum Gasteiger partial charge on any atom is 0.372 e. The van der Waals surface area contributed by atoms with Gasteiger partial charge in [-0.1, -0.05) is 24.3 Å². The number of hydrogen-bond acceptors (Lipinski definition) is 2. The van der Waals surface area contributed by atoms with Crippen LogP contribution in [0.25, 0.3) is 11.3 Å². The summed E-state index contributed by atoms with van der Waals surface area (Å²) in [5.74, 6) is -0.768. The Morgan fingerprint density at radius 2 is 2.11 bits per heavy atom. The van der Waals surface area contributed by atoms with Crippen LogP contribution in [0.5, 0.6) is 0 Å². The monoisotopic (exact) mass is 256 g/mol. The van der Waals surface area contributed by atoms with E-state index in [0.29, 0.717) is 0 Å². The van der Waals surface area contributed by atoms with E-state index in [1.54, 1.807) is 0 Å². The molecule has 0 unspecified atom stereocenters. The molecule has 0 saturated heterocycles. The minimum atomic E-state index is -0.942. The lowest BCUT2D eigenvalue weighted by molar-refractivity contribution is 0.0677. The number of rotatable bonds is 2. The van der Waals surface area contributed by atoms with Gasteiger partial charge in [-0.05, 0) is 31.7 Å². The molecule has 1 aliphatic heterocycles. The minimum Gasteiger partial charge on any atom is -0.475 e. The van der Waals surface area contributed by atoms with Gasteiger partial charge < -0.3 is 9.67 Å². The number of hydrogen-bond donors (Lipinski definition) is 1. The second-order valence-electron chi connectivity index (χ2n) is 4.96. The Labute approximate surface area is 111 Å². The highest BCUT2D eigenvalue weighted by Gasteiger charge is 2.24. The van der Waals surface area contributed by atoms with Crippen LogP contribution in [0.4, 0.5) is 0 Å². The van der Waals surface area contributed by atoms with Crippen molar-refractivity contribution in [3.8, 4) is 11.3 Å². The Balaban J connectivity index is 2.22. The van der Waals surface area contributed by atoms with Gasteiger partial charge in [0.05, 0.1) is 5.69 Å². The predicted octanol–water partition coefficient (Wildman–Crippen LogP) is 2.89. The first-order valence-electron chi connectivity index (χ1n) is 6.57. The van der Waals surface area contributed by atoms with E-state index in [1.807, 2.05) is 35.8 Å². The van der Waals surface area contributed by atoms with E-state index in [4.69, 9.17) is 0 Å². The Kier molecular flexibility index (Phi) is 2.85. The Hall–Kier alpha value is -2.10. The van der Waals surface area contributed by atoms with Crippen LogP contribution in [-0.4, -0.2) is 20.6 Å². The van der Waals surface area contributed by atoms with Crippen LogP contribution in [0, 0.1) is 6.92 Å². The van der Waals surface area contributed by atoms with Gasteiger partial charge in [0.1, 0.15) is 0 Å². The highest BCUT2D eigenvalue weighted by Crippen LogP contribution is 2.30. The van der Waals surface area contributed by atoms with Crippen molar-refractivity contribution in [1.82, 2.24) is 9.55 Å². The number of nitrogens with zero attached hydrogens (tertiary/aromatic N) is 2. The van der Waals surface area contributed by atoms with E-state index in [9.17, 15) is 9.90 Å². The number of benzene rings is 1. The molecule has 3 rings (SSSR count). The lowest BCUT2D eigenvalue weighted by Crippen LogP contribution is -2.16. The molecule has 1 N–H and O–H groups in total. The average molecular weight is 256 g/mol. The third-order valence-electron chi connectivity index (χ3n) is 3.71. The summed E-state index contributed by atoms with van der Waals surface area (Å²) in [6.07, 6.45) is 3.03. The predicted molar refractivity (Wildman–Crippen MR) is 72.3 cm³/mol. The molecule has 0 amide bonds. The summed E-state index contributed by atoms with van der Waals surface area (Å²) in [5, 5.41) is 9.29. The van der Waals surface area contributed by atoms with Crippen molar-refractivity contribution >= 4 is 5.97 Å². The van der Waals surface area contributed by atoms with Gasteiger partial charge in [-0.15, -0.1) is 0 Å². The smallest absolute Gasteiger partial charge is 0.372 e. The average Bonchev–Trinajstić information content (AvgIpc) is 2.79. The molecule has 0 atom stereocenters. The minimum absolute atomic E-state index is 0.174. The zero-order chi connectivity index (χ0) is 13.4. The van der Waals surface area contributed by atoms with Crippen LogP contribution >= 0.6 is 0 Å². The molecule has 0 spiro atoms. The van der Waals surface area contributed by atoms with Gasteiger partial charge in [-0.25, -0.2) is 9.78 Å². The van der Waals surface area contributed by atoms with E-state index in [1.165, 1.54) is 0 Å². The molecule has 1 aromatic carbocycles. The van der Waals surface area contributed by atoms with E-state index in [2.05, 4.69) is 4.98 Å². The van der Waals surface area contributed by atoms with E-state index in [-0.39, 0.29) is 5.82 Å². The molecule has 1 aromatic heterocycles. The molecule has 2 aromatic rings. The van der Waals surface area contributed by atoms with E-state index < -0.39 is 5.97 Å². The first kappa shape index (κ1) is 12.0. The molecule has 98 valence electrons. The van der Waals surface area contributed by atoms with Crippen LogP contribution in [0.1, 0.15) is 34.7 Å². The molecule has 1 aliphatic rings. The highest BCUT2D eigenvalue weighted by atomic mass is 16.4. The molecule has 0 bridgehead atoms. The maximum atomic E-state index is 11.3.